The van der Waals surface area contributed by atoms with E-state index >= 15 is 0 Å². The molecule has 10 heteroatoms. The first-order valence-electron chi connectivity index (χ1n) is 11.8. The van der Waals surface area contributed by atoms with Crippen molar-refractivity contribution in [2.24, 2.45) is 0 Å². The van der Waals surface area contributed by atoms with Crippen LogP contribution in [-0.2, 0) is 17.8 Å². The molecule has 0 saturated carbocycles. The lowest BCUT2D eigenvalue weighted by Crippen LogP contribution is -2.41. The molecule has 0 spiro atoms. The number of ether oxygens (including phenoxy) is 2. The molecule has 1 amide bonds. The number of fused-ring (bicyclic) bond motifs is 2. The van der Waals surface area contributed by atoms with Gasteiger partial charge in [-0.3, -0.25) is 9.67 Å². The van der Waals surface area contributed by atoms with Crippen LogP contribution in [-0.4, -0.2) is 47.5 Å². The number of carbonyl (C=O) groups is 1. The van der Waals surface area contributed by atoms with Gasteiger partial charge in [-0.1, -0.05) is 6.07 Å². The van der Waals surface area contributed by atoms with Crippen LogP contribution in [0.4, 0.5) is 4.79 Å². The van der Waals surface area contributed by atoms with Crippen LogP contribution in [0.1, 0.15) is 50.8 Å². The highest BCUT2D eigenvalue weighted by Gasteiger charge is 2.27. The number of amides is 1. The Morgan fingerprint density at radius 1 is 1.22 bits per heavy atom. The van der Waals surface area contributed by atoms with Gasteiger partial charge < -0.3 is 14.4 Å². The van der Waals surface area contributed by atoms with Crippen LogP contribution in [0, 0.1) is 11.3 Å². The third-order valence-electron chi connectivity index (χ3n) is 5.85. The molecular weight excluding hydrogens is 458 g/mol. The Morgan fingerprint density at radius 3 is 2.78 bits per heavy atom. The van der Waals surface area contributed by atoms with E-state index in [9.17, 15) is 10.1 Å². The molecule has 0 radical (unpaired) electrons. The molecule has 5 rings (SSSR count). The third-order valence-corrected chi connectivity index (χ3v) is 5.85. The number of carbonyl (C=O) groups excluding carboxylic acids is 1. The molecule has 1 atom stereocenters. The Balaban J connectivity index is 1.47. The maximum Gasteiger partial charge on any atom is 0.410 e. The fraction of sp³-hybridized carbons (Fsp3) is 0.346. The zero-order chi connectivity index (χ0) is 25.4. The molecule has 0 bridgehead atoms. The van der Waals surface area contributed by atoms with Gasteiger partial charge in [0.25, 0.3) is 0 Å². The zero-order valence-electron chi connectivity index (χ0n) is 20.7. The van der Waals surface area contributed by atoms with Gasteiger partial charge in [0.05, 0.1) is 36.4 Å². The SMILES string of the molecule is C[C@@H](Oc1cc(-c2cc3n(n2)CCN(C(=O)OC(C)(C)C)C3)cn2ncc(C#N)c12)c1ccccn1. The van der Waals surface area contributed by atoms with Crippen molar-refractivity contribution in [3.05, 3.63) is 65.9 Å². The van der Waals surface area contributed by atoms with Crippen molar-refractivity contribution < 1.29 is 14.3 Å². The van der Waals surface area contributed by atoms with Crippen LogP contribution in [0.5, 0.6) is 5.75 Å². The van der Waals surface area contributed by atoms with E-state index in [0.717, 1.165) is 22.6 Å². The lowest BCUT2D eigenvalue weighted by Gasteiger charge is -2.30. The normalized spacial score (nSPS) is 14.2. The molecule has 0 unspecified atom stereocenters. The summed E-state index contributed by atoms with van der Waals surface area (Å²) in [6.07, 6.45) is 4.39. The van der Waals surface area contributed by atoms with Crippen molar-refractivity contribution in [2.75, 3.05) is 6.54 Å². The zero-order valence-corrected chi connectivity index (χ0v) is 20.7. The molecule has 184 valence electrons. The van der Waals surface area contributed by atoms with Gasteiger partial charge in [0.2, 0.25) is 0 Å². The average Bonchev–Trinajstić information content (AvgIpc) is 3.47. The first-order chi connectivity index (χ1) is 17.2. The number of hydrogen-bond donors (Lipinski definition) is 0. The smallest absolute Gasteiger partial charge is 0.410 e. The molecule has 0 saturated heterocycles. The van der Waals surface area contributed by atoms with E-state index < -0.39 is 5.60 Å². The fourth-order valence-corrected chi connectivity index (χ4v) is 4.15. The molecule has 1 aliphatic heterocycles. The van der Waals surface area contributed by atoms with Crippen molar-refractivity contribution >= 4 is 11.6 Å². The van der Waals surface area contributed by atoms with Crippen molar-refractivity contribution in [1.29, 1.82) is 5.26 Å². The fourth-order valence-electron chi connectivity index (χ4n) is 4.15. The minimum atomic E-state index is -0.551. The van der Waals surface area contributed by atoms with E-state index in [2.05, 4.69) is 16.2 Å². The summed E-state index contributed by atoms with van der Waals surface area (Å²) in [5.74, 6) is 0.515. The summed E-state index contributed by atoms with van der Waals surface area (Å²) in [7, 11) is 0. The van der Waals surface area contributed by atoms with Crippen LogP contribution in [0.3, 0.4) is 0 Å². The third kappa shape index (κ3) is 4.60. The van der Waals surface area contributed by atoms with Crippen molar-refractivity contribution in [2.45, 2.75) is 52.5 Å². The largest absolute Gasteiger partial charge is 0.482 e. The molecule has 0 fully saturated rings. The van der Waals surface area contributed by atoms with E-state index in [-0.39, 0.29) is 12.2 Å². The summed E-state index contributed by atoms with van der Waals surface area (Å²) in [5, 5.41) is 18.7. The quantitative estimate of drug-likeness (QED) is 0.422. The van der Waals surface area contributed by atoms with Crippen LogP contribution in [0.25, 0.3) is 16.8 Å². The minimum absolute atomic E-state index is 0.335. The van der Waals surface area contributed by atoms with Crippen molar-refractivity contribution in [3.63, 3.8) is 0 Å². The predicted molar refractivity (Wildman–Crippen MR) is 131 cm³/mol. The Bertz CT molecular complexity index is 1460. The van der Waals surface area contributed by atoms with Gasteiger partial charge in [0, 0.05) is 24.5 Å². The molecule has 10 nitrogen and oxygen atoms in total. The Hall–Kier alpha value is -4.39. The number of rotatable bonds is 4. The van der Waals surface area contributed by atoms with Crippen LogP contribution < -0.4 is 4.74 Å². The van der Waals surface area contributed by atoms with Gasteiger partial charge in [-0.15, -0.1) is 0 Å². The highest BCUT2D eigenvalue weighted by molar-refractivity contribution is 5.74. The standard InChI is InChI=1S/C26H27N7O3/c1-17(21-7-5-6-8-28-21)35-23-11-18(15-33-24(23)19(13-27)14-29-33)22-12-20-16-31(9-10-32(20)30-22)25(34)36-26(2,3)4/h5-8,11-12,14-15,17H,9-10,16H2,1-4H3/t17-/m1/s1. The topological polar surface area (TPSA) is 111 Å². The Kier molecular flexibility index (Phi) is 5.84. The van der Waals surface area contributed by atoms with E-state index in [1.807, 2.05) is 68.9 Å². The Labute approximate surface area is 208 Å². The van der Waals surface area contributed by atoms with Gasteiger partial charge in [-0.2, -0.15) is 15.5 Å². The minimum Gasteiger partial charge on any atom is -0.482 e. The van der Waals surface area contributed by atoms with E-state index in [4.69, 9.17) is 14.6 Å². The maximum atomic E-state index is 12.6. The predicted octanol–water partition coefficient (Wildman–Crippen LogP) is 4.36. The summed E-state index contributed by atoms with van der Waals surface area (Å²) in [6.45, 7) is 8.97. The second-order valence-corrected chi connectivity index (χ2v) is 9.72. The summed E-state index contributed by atoms with van der Waals surface area (Å²) >= 11 is 0. The maximum absolute atomic E-state index is 12.6. The molecule has 4 aromatic heterocycles. The van der Waals surface area contributed by atoms with Crippen LogP contribution >= 0.6 is 0 Å². The number of nitrogens with zero attached hydrogens (tertiary/aromatic N) is 7. The second-order valence-electron chi connectivity index (χ2n) is 9.72. The molecular formula is C26H27N7O3. The van der Waals surface area contributed by atoms with Gasteiger partial charge in [0.15, 0.2) is 0 Å². The molecule has 4 aromatic rings. The first kappa shape index (κ1) is 23.4. The van der Waals surface area contributed by atoms with E-state index in [1.165, 1.54) is 6.20 Å². The lowest BCUT2D eigenvalue weighted by molar-refractivity contribution is 0.0194. The molecule has 1 aliphatic rings. The number of nitriles is 1. The summed E-state index contributed by atoms with van der Waals surface area (Å²) in [4.78, 5) is 18.6. The number of aromatic nitrogens is 5. The van der Waals surface area contributed by atoms with E-state index in [0.29, 0.717) is 36.5 Å². The molecule has 0 N–H and O–H groups in total. The molecule has 0 aliphatic carbocycles. The summed E-state index contributed by atoms with van der Waals surface area (Å²) in [5.41, 5.74) is 3.64. The lowest BCUT2D eigenvalue weighted by atomic mass is 10.1. The molecule has 5 heterocycles. The first-order valence-corrected chi connectivity index (χ1v) is 11.8. The number of pyridine rings is 2. The highest BCUT2D eigenvalue weighted by atomic mass is 16.6. The molecule has 36 heavy (non-hydrogen) atoms. The monoisotopic (exact) mass is 485 g/mol. The molecule has 0 aromatic carbocycles. The highest BCUT2D eigenvalue weighted by Crippen LogP contribution is 2.33. The summed E-state index contributed by atoms with van der Waals surface area (Å²) < 4.78 is 15.4. The van der Waals surface area contributed by atoms with Gasteiger partial charge in [-0.05, 0) is 52.0 Å². The summed E-state index contributed by atoms with van der Waals surface area (Å²) in [6, 6.07) is 11.7. The van der Waals surface area contributed by atoms with Gasteiger partial charge in [-0.25, -0.2) is 9.31 Å². The average molecular weight is 486 g/mol. The van der Waals surface area contributed by atoms with Gasteiger partial charge in [0.1, 0.15) is 34.6 Å². The van der Waals surface area contributed by atoms with Crippen LogP contribution in [0.2, 0.25) is 0 Å². The van der Waals surface area contributed by atoms with Crippen molar-refractivity contribution in [1.82, 2.24) is 29.3 Å². The van der Waals surface area contributed by atoms with Crippen LogP contribution in [0.15, 0.2) is 48.9 Å². The van der Waals surface area contributed by atoms with Gasteiger partial charge >= 0.3 is 6.09 Å². The number of hydrogen-bond acceptors (Lipinski definition) is 7. The Morgan fingerprint density at radius 2 is 2.06 bits per heavy atom. The van der Waals surface area contributed by atoms with E-state index in [1.54, 1.807) is 15.6 Å². The second kappa shape index (κ2) is 9.00. The van der Waals surface area contributed by atoms with Crippen molar-refractivity contribution in [3.8, 4) is 23.1 Å².